The number of nitrogens with one attached hydrogen (secondary N) is 1. The fourth-order valence-electron chi connectivity index (χ4n) is 1.55. The molecule has 0 saturated heterocycles. The maximum atomic E-state index is 13.2. The standard InChI is InChI=1S/C14H14Cl2FN3/c1-14(2,3)13-19-11(16)7-12(20-13)18-10-6-8(17)4-5-9(10)15/h4-7H,1-3H3,(H,18,19,20). The van der Waals surface area contributed by atoms with Crippen molar-refractivity contribution in [1.82, 2.24) is 9.97 Å². The number of benzene rings is 1. The molecule has 0 unspecified atom stereocenters. The van der Waals surface area contributed by atoms with Crippen molar-refractivity contribution < 1.29 is 4.39 Å². The van der Waals surface area contributed by atoms with E-state index < -0.39 is 0 Å². The molecule has 6 heteroatoms. The van der Waals surface area contributed by atoms with Gasteiger partial charge in [-0.25, -0.2) is 14.4 Å². The van der Waals surface area contributed by atoms with Gasteiger partial charge in [0.25, 0.3) is 0 Å². The second-order valence-electron chi connectivity index (χ2n) is 5.40. The molecule has 3 nitrogen and oxygen atoms in total. The molecule has 0 amide bonds. The number of rotatable bonds is 2. The zero-order valence-corrected chi connectivity index (χ0v) is 12.8. The number of hydrogen-bond acceptors (Lipinski definition) is 3. The van der Waals surface area contributed by atoms with Crippen LogP contribution in [0.25, 0.3) is 0 Å². The van der Waals surface area contributed by atoms with Crippen LogP contribution in [0.2, 0.25) is 10.2 Å². The summed E-state index contributed by atoms with van der Waals surface area (Å²) in [6.07, 6.45) is 0. The van der Waals surface area contributed by atoms with Gasteiger partial charge in [0.15, 0.2) is 0 Å². The van der Waals surface area contributed by atoms with Gasteiger partial charge in [-0.1, -0.05) is 44.0 Å². The Balaban J connectivity index is 2.39. The Morgan fingerprint density at radius 1 is 1.10 bits per heavy atom. The number of halogens is 3. The Morgan fingerprint density at radius 2 is 1.80 bits per heavy atom. The maximum absolute atomic E-state index is 13.2. The van der Waals surface area contributed by atoms with Gasteiger partial charge >= 0.3 is 0 Å². The Bertz CT molecular complexity index is 639. The lowest BCUT2D eigenvalue weighted by Gasteiger charge is -2.18. The summed E-state index contributed by atoms with van der Waals surface area (Å²) in [6, 6.07) is 5.64. The average Bonchev–Trinajstić information content (AvgIpc) is 2.32. The largest absolute Gasteiger partial charge is 0.339 e. The van der Waals surface area contributed by atoms with E-state index in [9.17, 15) is 4.39 Å². The molecule has 0 saturated carbocycles. The predicted octanol–water partition coefficient (Wildman–Crippen LogP) is 4.96. The molecule has 20 heavy (non-hydrogen) atoms. The predicted molar refractivity (Wildman–Crippen MR) is 80.4 cm³/mol. The molecule has 0 aliphatic carbocycles. The van der Waals surface area contributed by atoms with Crippen LogP contribution in [0.1, 0.15) is 26.6 Å². The second-order valence-corrected chi connectivity index (χ2v) is 6.19. The lowest BCUT2D eigenvalue weighted by Crippen LogP contribution is -2.16. The summed E-state index contributed by atoms with van der Waals surface area (Å²) >= 11 is 12.0. The summed E-state index contributed by atoms with van der Waals surface area (Å²) in [7, 11) is 0. The Hall–Kier alpha value is -1.39. The van der Waals surface area contributed by atoms with E-state index in [2.05, 4.69) is 15.3 Å². The molecule has 0 aliphatic heterocycles. The summed E-state index contributed by atoms with van der Waals surface area (Å²) in [5, 5.41) is 3.68. The van der Waals surface area contributed by atoms with Crippen LogP contribution >= 0.6 is 23.2 Å². The minimum Gasteiger partial charge on any atom is -0.339 e. The molecule has 0 atom stereocenters. The minimum atomic E-state index is -0.381. The van der Waals surface area contributed by atoms with Crippen molar-refractivity contribution in [3.05, 3.63) is 46.1 Å². The van der Waals surface area contributed by atoms with Crippen molar-refractivity contribution in [2.75, 3.05) is 5.32 Å². The van der Waals surface area contributed by atoms with Crippen molar-refractivity contribution >= 4 is 34.7 Å². The third-order valence-corrected chi connectivity index (χ3v) is 3.08. The van der Waals surface area contributed by atoms with E-state index in [0.717, 1.165) is 0 Å². The Kier molecular flexibility index (Phi) is 4.16. The molecular formula is C14H14Cl2FN3. The number of nitrogens with zero attached hydrogens (tertiary/aromatic N) is 2. The summed E-state index contributed by atoms with van der Waals surface area (Å²) < 4.78 is 13.2. The highest BCUT2D eigenvalue weighted by Crippen LogP contribution is 2.28. The third-order valence-electron chi connectivity index (χ3n) is 2.56. The highest BCUT2D eigenvalue weighted by Gasteiger charge is 2.19. The molecule has 0 spiro atoms. The van der Waals surface area contributed by atoms with Gasteiger partial charge in [-0.15, -0.1) is 0 Å². The molecular weight excluding hydrogens is 300 g/mol. The molecule has 0 radical (unpaired) electrons. The van der Waals surface area contributed by atoms with Gasteiger partial charge in [-0.3, -0.25) is 0 Å². The SMILES string of the molecule is CC(C)(C)c1nc(Cl)cc(Nc2cc(F)ccc2Cl)n1. The van der Waals surface area contributed by atoms with Crippen LogP contribution < -0.4 is 5.32 Å². The van der Waals surface area contributed by atoms with Gasteiger partial charge in [0.2, 0.25) is 0 Å². The van der Waals surface area contributed by atoms with E-state index in [1.807, 2.05) is 20.8 Å². The highest BCUT2D eigenvalue weighted by molar-refractivity contribution is 6.33. The molecule has 0 bridgehead atoms. The summed E-state index contributed by atoms with van der Waals surface area (Å²) in [5.74, 6) is 0.690. The van der Waals surface area contributed by atoms with Gasteiger partial charge in [-0.05, 0) is 18.2 Å². The molecule has 1 aromatic heterocycles. The monoisotopic (exact) mass is 313 g/mol. The zero-order chi connectivity index (χ0) is 14.9. The molecule has 0 fully saturated rings. The highest BCUT2D eigenvalue weighted by atomic mass is 35.5. The fraction of sp³-hybridized carbons (Fsp3) is 0.286. The molecule has 1 heterocycles. The third kappa shape index (κ3) is 3.58. The number of hydrogen-bond donors (Lipinski definition) is 1. The Morgan fingerprint density at radius 3 is 2.45 bits per heavy atom. The average molecular weight is 314 g/mol. The first kappa shape index (κ1) is 15.0. The van der Waals surface area contributed by atoms with Crippen LogP contribution in [0.15, 0.2) is 24.3 Å². The zero-order valence-electron chi connectivity index (χ0n) is 11.3. The molecule has 2 rings (SSSR count). The van der Waals surface area contributed by atoms with Crippen molar-refractivity contribution in [2.24, 2.45) is 0 Å². The van der Waals surface area contributed by atoms with E-state index in [-0.39, 0.29) is 11.2 Å². The van der Waals surface area contributed by atoms with Crippen molar-refractivity contribution in [3.8, 4) is 0 Å². The molecule has 1 aromatic carbocycles. The number of anilines is 2. The minimum absolute atomic E-state index is 0.243. The van der Waals surface area contributed by atoms with Gasteiger partial charge in [0, 0.05) is 11.5 Å². The number of aromatic nitrogens is 2. The molecule has 0 aliphatic rings. The van der Waals surface area contributed by atoms with Gasteiger partial charge in [0.05, 0.1) is 10.7 Å². The van der Waals surface area contributed by atoms with Crippen molar-refractivity contribution in [2.45, 2.75) is 26.2 Å². The van der Waals surface area contributed by atoms with Crippen LogP contribution in [0.5, 0.6) is 0 Å². The normalized spacial score (nSPS) is 11.5. The van der Waals surface area contributed by atoms with Crippen LogP contribution in [-0.2, 0) is 5.41 Å². The van der Waals surface area contributed by atoms with Gasteiger partial charge in [-0.2, -0.15) is 0 Å². The molecule has 106 valence electrons. The smallest absolute Gasteiger partial charge is 0.137 e. The van der Waals surface area contributed by atoms with Gasteiger partial charge < -0.3 is 5.32 Å². The van der Waals surface area contributed by atoms with Crippen LogP contribution in [0, 0.1) is 5.82 Å². The Labute approximate surface area is 127 Å². The fourth-order valence-corrected chi connectivity index (χ4v) is 1.90. The maximum Gasteiger partial charge on any atom is 0.137 e. The first-order valence-electron chi connectivity index (χ1n) is 6.03. The lowest BCUT2D eigenvalue weighted by molar-refractivity contribution is 0.546. The summed E-state index contributed by atoms with van der Waals surface area (Å²) in [5.41, 5.74) is 0.189. The van der Waals surface area contributed by atoms with Crippen LogP contribution in [0.4, 0.5) is 15.9 Å². The van der Waals surface area contributed by atoms with E-state index in [4.69, 9.17) is 23.2 Å². The van der Waals surface area contributed by atoms with Crippen LogP contribution in [0.3, 0.4) is 0 Å². The quantitative estimate of drug-likeness (QED) is 0.796. The van der Waals surface area contributed by atoms with E-state index in [1.54, 1.807) is 6.07 Å². The topological polar surface area (TPSA) is 37.8 Å². The van der Waals surface area contributed by atoms with Crippen molar-refractivity contribution in [1.29, 1.82) is 0 Å². The first-order valence-corrected chi connectivity index (χ1v) is 6.78. The van der Waals surface area contributed by atoms with Crippen LogP contribution in [-0.4, -0.2) is 9.97 Å². The first-order chi connectivity index (χ1) is 9.25. The van der Waals surface area contributed by atoms with E-state index >= 15 is 0 Å². The van der Waals surface area contributed by atoms with E-state index in [0.29, 0.717) is 27.5 Å². The molecule has 2 aromatic rings. The van der Waals surface area contributed by atoms with Crippen molar-refractivity contribution in [3.63, 3.8) is 0 Å². The lowest BCUT2D eigenvalue weighted by atomic mass is 9.96. The molecule has 1 N–H and O–H groups in total. The second kappa shape index (κ2) is 5.54. The summed E-state index contributed by atoms with van der Waals surface area (Å²) in [6.45, 7) is 5.95. The summed E-state index contributed by atoms with van der Waals surface area (Å²) in [4.78, 5) is 8.58. The van der Waals surface area contributed by atoms with E-state index in [1.165, 1.54) is 18.2 Å². The van der Waals surface area contributed by atoms with Gasteiger partial charge in [0.1, 0.15) is 22.6 Å².